The Bertz CT molecular complexity index is 3510. The molecular formula is C64H46N2S. The van der Waals surface area contributed by atoms with Gasteiger partial charge in [-0.3, -0.25) is 0 Å². The lowest BCUT2D eigenvalue weighted by Gasteiger charge is -2.30. The first-order chi connectivity index (χ1) is 33.2. The maximum Gasteiger partial charge on any atom is 0.0462 e. The van der Waals surface area contributed by atoms with Crippen molar-refractivity contribution in [3.63, 3.8) is 0 Å². The fourth-order valence-electron chi connectivity index (χ4n) is 10.1. The van der Waals surface area contributed by atoms with Crippen LogP contribution in [0.5, 0.6) is 0 Å². The maximum absolute atomic E-state index is 2.47. The van der Waals surface area contributed by atoms with Crippen LogP contribution in [0.25, 0.3) is 64.3 Å². The Morgan fingerprint density at radius 1 is 0.373 bits per heavy atom. The first kappa shape index (κ1) is 40.3. The third kappa shape index (κ3) is 7.60. The van der Waals surface area contributed by atoms with Crippen molar-refractivity contribution in [2.45, 2.75) is 12.3 Å². The lowest BCUT2D eigenvalue weighted by Crippen LogP contribution is -2.17. The molecule has 0 saturated carbocycles. The summed E-state index contributed by atoms with van der Waals surface area (Å²) in [6.07, 6.45) is 8.08. The second kappa shape index (κ2) is 17.6. The fraction of sp³-hybridized carbons (Fsp3) is 0.0312. The van der Waals surface area contributed by atoms with Crippen LogP contribution in [0, 0.1) is 0 Å². The van der Waals surface area contributed by atoms with Gasteiger partial charge in [-0.1, -0.05) is 176 Å². The van der Waals surface area contributed by atoms with Crippen LogP contribution in [0.1, 0.15) is 17.9 Å². The first-order valence-corrected chi connectivity index (χ1v) is 23.9. The molecule has 0 fully saturated rings. The van der Waals surface area contributed by atoms with Crippen LogP contribution in [-0.2, 0) is 0 Å². The number of para-hydroxylation sites is 4. The van der Waals surface area contributed by atoms with Crippen molar-refractivity contribution < 1.29 is 0 Å². The second-order valence-corrected chi connectivity index (χ2v) is 18.3. The van der Waals surface area contributed by atoms with Crippen LogP contribution in [-0.4, -0.2) is 0 Å². The number of hydrogen-bond acceptors (Lipinski definition) is 3. The van der Waals surface area contributed by atoms with E-state index >= 15 is 0 Å². The summed E-state index contributed by atoms with van der Waals surface area (Å²) in [5.74, 6) is 0.178. The zero-order chi connectivity index (χ0) is 44.5. The van der Waals surface area contributed by atoms with E-state index in [0.29, 0.717) is 0 Å². The molecule has 1 aliphatic rings. The number of nitrogens with zero attached hydrogens (tertiary/aromatic N) is 2. The lowest BCUT2D eigenvalue weighted by molar-refractivity contribution is 0.854. The number of hydrogen-bond donors (Lipinski definition) is 0. The van der Waals surface area contributed by atoms with Gasteiger partial charge in [-0.05, 0) is 151 Å². The summed E-state index contributed by atoms with van der Waals surface area (Å²) < 4.78 is 0. The van der Waals surface area contributed by atoms with Crippen molar-refractivity contribution in [2.75, 3.05) is 9.80 Å². The van der Waals surface area contributed by atoms with Crippen LogP contribution < -0.4 is 9.80 Å². The summed E-state index contributed by atoms with van der Waals surface area (Å²) in [6.45, 7) is 0. The predicted molar refractivity (Wildman–Crippen MR) is 287 cm³/mol. The van der Waals surface area contributed by atoms with E-state index in [9.17, 15) is 0 Å². The number of rotatable bonds is 10. The highest BCUT2D eigenvalue weighted by molar-refractivity contribution is 7.19. The van der Waals surface area contributed by atoms with E-state index in [1.165, 1.54) is 75.6 Å². The molecule has 2 nitrogen and oxygen atoms in total. The van der Waals surface area contributed by atoms with E-state index in [0.717, 1.165) is 34.9 Å². The molecule has 0 saturated heterocycles. The van der Waals surface area contributed by atoms with E-state index in [4.69, 9.17) is 0 Å². The Morgan fingerprint density at radius 2 is 0.881 bits per heavy atom. The zero-order valence-corrected chi connectivity index (χ0v) is 37.7. The summed E-state index contributed by atoms with van der Waals surface area (Å²) >= 11 is 1.87. The number of anilines is 5. The second-order valence-electron chi connectivity index (χ2n) is 17.2. The zero-order valence-electron chi connectivity index (χ0n) is 36.9. The minimum Gasteiger partial charge on any atom is -0.311 e. The lowest BCUT2D eigenvalue weighted by atomic mass is 9.81. The molecule has 10 aromatic carbocycles. The number of fused-ring (bicyclic) bond motifs is 3. The molecule has 0 N–H and O–H groups in total. The van der Waals surface area contributed by atoms with Crippen molar-refractivity contribution in [1.29, 1.82) is 0 Å². The molecule has 0 spiro atoms. The topological polar surface area (TPSA) is 6.48 Å². The molecule has 1 heterocycles. The molecule has 0 amide bonds. The van der Waals surface area contributed by atoms with Crippen LogP contribution in [0.15, 0.2) is 267 Å². The average molecular weight is 875 g/mol. The highest BCUT2D eigenvalue weighted by Gasteiger charge is 2.24. The predicted octanol–water partition coefficient (Wildman–Crippen LogP) is 18.4. The Labute approximate surface area is 396 Å². The van der Waals surface area contributed by atoms with Crippen molar-refractivity contribution >= 4 is 72.1 Å². The first-order valence-electron chi connectivity index (χ1n) is 23.1. The Balaban J connectivity index is 1.01. The molecule has 11 aromatic rings. The fourth-order valence-corrected chi connectivity index (χ4v) is 11.2. The molecule has 3 heteroatoms. The van der Waals surface area contributed by atoms with E-state index in [-0.39, 0.29) is 5.92 Å². The summed E-state index contributed by atoms with van der Waals surface area (Å²) in [6, 6.07) is 88.1. The van der Waals surface area contributed by atoms with Gasteiger partial charge in [0.2, 0.25) is 0 Å². The van der Waals surface area contributed by atoms with Gasteiger partial charge in [-0.25, -0.2) is 0 Å². The van der Waals surface area contributed by atoms with Crippen LogP contribution in [0.2, 0.25) is 0 Å². The highest BCUT2D eigenvalue weighted by Crippen LogP contribution is 2.48. The van der Waals surface area contributed by atoms with Gasteiger partial charge in [-0.15, -0.1) is 11.3 Å². The Hall–Kier alpha value is -8.24. The third-order valence-corrected chi connectivity index (χ3v) is 14.4. The van der Waals surface area contributed by atoms with Crippen LogP contribution in [0.3, 0.4) is 0 Å². The molecule has 1 aliphatic carbocycles. The van der Waals surface area contributed by atoms with Crippen LogP contribution in [0.4, 0.5) is 28.4 Å². The van der Waals surface area contributed by atoms with Gasteiger partial charge in [0.15, 0.2) is 0 Å². The summed E-state index contributed by atoms with van der Waals surface area (Å²) in [5, 5.41) is 7.65. The molecule has 1 aromatic heterocycles. The SMILES string of the molecule is C1=CC(c2c3ccccc3c(-c3ccc(N(c4ccccc4)c4ccccc4)cc3)c3cc(-c4ccc(-c5cccc6ccccc56)s4)ccc23)CC=C1N(c1ccccc1)c1ccccc1. The molecule has 0 radical (unpaired) electrons. The van der Waals surface area contributed by atoms with Gasteiger partial charge in [0.1, 0.15) is 0 Å². The van der Waals surface area contributed by atoms with E-state index in [1.54, 1.807) is 0 Å². The van der Waals surface area contributed by atoms with Gasteiger partial charge >= 0.3 is 0 Å². The Kier molecular flexibility index (Phi) is 10.6. The molecule has 0 aliphatic heterocycles. The highest BCUT2D eigenvalue weighted by atomic mass is 32.1. The summed E-state index contributed by atoms with van der Waals surface area (Å²) in [7, 11) is 0. The molecular weight excluding hydrogens is 829 g/mol. The van der Waals surface area contributed by atoms with E-state index < -0.39 is 0 Å². The summed E-state index contributed by atoms with van der Waals surface area (Å²) in [4.78, 5) is 7.23. The maximum atomic E-state index is 2.47. The quantitative estimate of drug-likeness (QED) is 0.126. The minimum atomic E-state index is 0.178. The molecule has 12 rings (SSSR count). The molecule has 1 atom stereocenters. The van der Waals surface area contributed by atoms with Gasteiger partial charge in [0.05, 0.1) is 0 Å². The summed E-state index contributed by atoms with van der Waals surface area (Å²) in [5.41, 5.74) is 13.2. The average Bonchev–Trinajstić information content (AvgIpc) is 3.90. The van der Waals surface area contributed by atoms with E-state index in [2.05, 4.69) is 271 Å². The smallest absolute Gasteiger partial charge is 0.0462 e. The molecule has 67 heavy (non-hydrogen) atoms. The molecule has 1 unspecified atom stereocenters. The van der Waals surface area contributed by atoms with Crippen molar-refractivity contribution in [3.05, 3.63) is 272 Å². The molecule has 0 bridgehead atoms. The molecule has 318 valence electrons. The third-order valence-electron chi connectivity index (χ3n) is 13.2. The van der Waals surface area contributed by atoms with Crippen molar-refractivity contribution in [2.24, 2.45) is 0 Å². The van der Waals surface area contributed by atoms with Gasteiger partial charge in [-0.2, -0.15) is 0 Å². The number of benzene rings is 10. The van der Waals surface area contributed by atoms with Gasteiger partial charge in [0, 0.05) is 49.8 Å². The largest absolute Gasteiger partial charge is 0.311 e. The number of thiophene rings is 1. The minimum absolute atomic E-state index is 0.178. The van der Waals surface area contributed by atoms with Crippen molar-refractivity contribution in [3.8, 4) is 32.0 Å². The monoisotopic (exact) mass is 874 g/mol. The number of allylic oxidation sites excluding steroid dienone is 3. The normalized spacial score (nSPS) is 13.5. The van der Waals surface area contributed by atoms with Crippen LogP contribution >= 0.6 is 11.3 Å². The van der Waals surface area contributed by atoms with E-state index in [1.807, 2.05) is 11.3 Å². The van der Waals surface area contributed by atoms with Gasteiger partial charge in [0.25, 0.3) is 0 Å². The standard InChI is InChI=1S/C64H46N2S/c1-5-20-49(21-6-1)65(50-22-7-2-8-23-50)53-37-32-46(33-38-53)63-57-29-15-16-30-58(57)64(47-34-39-54(40-35-47)66(51-24-9-3-10-25-51)52-26-11-4-12-27-52)60-44-48(36-41-59(60)63)61-42-43-62(67-61)56-31-17-19-45-18-13-14-28-55(45)56/h1-32,34-44,46H,33H2. The Morgan fingerprint density at radius 3 is 1.51 bits per heavy atom. The van der Waals surface area contributed by atoms with Gasteiger partial charge < -0.3 is 9.80 Å². The van der Waals surface area contributed by atoms with Crippen molar-refractivity contribution in [1.82, 2.24) is 0 Å².